The number of carboxylic acid groups (broad SMARTS) is 1. The van der Waals surface area contributed by atoms with Gasteiger partial charge in [-0.25, -0.2) is 0 Å². The van der Waals surface area contributed by atoms with Crippen LogP contribution in [0.15, 0.2) is 43.0 Å². The van der Waals surface area contributed by atoms with Crippen LogP contribution in [0, 0.1) is 11.8 Å². The lowest BCUT2D eigenvalue weighted by Gasteiger charge is -2.41. The topological polar surface area (TPSA) is 107 Å². The number of fused-ring (bicyclic) bond motifs is 1. The summed E-state index contributed by atoms with van der Waals surface area (Å²) in [4.78, 5) is 44.4. The molecule has 0 radical (unpaired) electrons. The van der Waals surface area contributed by atoms with E-state index >= 15 is 0 Å². The Morgan fingerprint density at radius 1 is 1.27 bits per heavy atom. The van der Waals surface area contributed by atoms with Crippen molar-refractivity contribution in [3.63, 3.8) is 0 Å². The number of carbonyl (C=O) groups is 3. The van der Waals surface area contributed by atoms with Gasteiger partial charge in [0.15, 0.2) is 0 Å². The van der Waals surface area contributed by atoms with Crippen LogP contribution in [0.2, 0.25) is 0 Å². The molecule has 3 saturated heterocycles. The standard InChI is InChI=1S/C29H40N2O6/c1-5-11-19(4)30(16-6-2)26(34)24-29-15-14-28(7-3,37-29)23(27(35)36)22(29)25(33)31(24)21(18-32)17-20-12-9-8-10-13-20/h6,8-10,12-13,19,21-24,32H,2,5,7,11,14-18H2,1,3-4H3,(H,35,36)/t19?,21-,22+,23-,24?,28+,29?/m1/s1. The highest BCUT2D eigenvalue weighted by Crippen LogP contribution is 2.64. The predicted octanol–water partition coefficient (Wildman–Crippen LogP) is 3.03. The average Bonchev–Trinajstić information content (AvgIpc) is 3.50. The van der Waals surface area contributed by atoms with E-state index in [0.717, 1.165) is 18.4 Å². The van der Waals surface area contributed by atoms with E-state index in [1.54, 1.807) is 11.0 Å². The largest absolute Gasteiger partial charge is 0.481 e. The minimum absolute atomic E-state index is 0.0985. The van der Waals surface area contributed by atoms with Gasteiger partial charge in [0.25, 0.3) is 0 Å². The molecule has 3 aliphatic rings. The SMILES string of the molecule is C=CCN(C(=O)C1N([C@@H](CO)Cc2ccccc2)C(=O)[C@@H]2[C@H](C(=O)O)[C@]3(CC)CCC12O3)C(C)CCC. The lowest BCUT2D eigenvalue weighted by Crippen LogP contribution is -2.60. The third kappa shape index (κ3) is 4.28. The first-order valence-corrected chi connectivity index (χ1v) is 13.5. The summed E-state index contributed by atoms with van der Waals surface area (Å²) in [6.07, 6.45) is 5.05. The molecule has 3 aliphatic heterocycles. The van der Waals surface area contributed by atoms with E-state index in [1.165, 1.54) is 4.90 Å². The fourth-order valence-corrected chi connectivity index (χ4v) is 7.20. The molecular weight excluding hydrogens is 472 g/mol. The van der Waals surface area contributed by atoms with Crippen LogP contribution in [0.3, 0.4) is 0 Å². The van der Waals surface area contributed by atoms with Gasteiger partial charge in [-0.15, -0.1) is 6.58 Å². The van der Waals surface area contributed by atoms with E-state index in [2.05, 4.69) is 13.5 Å². The Kier molecular flexibility index (Phi) is 7.81. The molecule has 4 rings (SSSR count). The zero-order chi connectivity index (χ0) is 27.0. The molecule has 0 saturated carbocycles. The van der Waals surface area contributed by atoms with Crippen molar-refractivity contribution in [3.05, 3.63) is 48.6 Å². The third-order valence-corrected chi connectivity index (χ3v) is 8.88. The normalized spacial score (nSPS) is 31.7. The first-order valence-electron chi connectivity index (χ1n) is 13.5. The van der Waals surface area contributed by atoms with Crippen LogP contribution in [0.5, 0.6) is 0 Å². The summed E-state index contributed by atoms with van der Waals surface area (Å²) in [6, 6.07) is 7.71. The number of aliphatic hydroxyl groups excluding tert-OH is 1. The van der Waals surface area contributed by atoms with Crippen molar-refractivity contribution in [2.24, 2.45) is 11.8 Å². The maximum Gasteiger partial charge on any atom is 0.310 e. The molecule has 202 valence electrons. The van der Waals surface area contributed by atoms with Crippen molar-refractivity contribution in [3.8, 4) is 0 Å². The Bertz CT molecular complexity index is 1030. The minimum Gasteiger partial charge on any atom is -0.481 e. The van der Waals surface area contributed by atoms with Gasteiger partial charge in [0, 0.05) is 12.6 Å². The zero-order valence-electron chi connectivity index (χ0n) is 22.1. The molecule has 8 heteroatoms. The van der Waals surface area contributed by atoms with Crippen LogP contribution in [0.1, 0.15) is 58.4 Å². The molecule has 7 atom stereocenters. The van der Waals surface area contributed by atoms with Crippen molar-refractivity contribution < 1.29 is 29.3 Å². The molecule has 0 aliphatic carbocycles. The molecule has 8 nitrogen and oxygen atoms in total. The summed E-state index contributed by atoms with van der Waals surface area (Å²) < 4.78 is 6.64. The maximum atomic E-state index is 14.5. The van der Waals surface area contributed by atoms with E-state index < -0.39 is 47.0 Å². The number of hydrogen-bond acceptors (Lipinski definition) is 5. The van der Waals surface area contributed by atoms with Crippen molar-refractivity contribution >= 4 is 17.8 Å². The Balaban J connectivity index is 1.83. The molecule has 1 spiro atoms. The first-order chi connectivity index (χ1) is 17.7. The number of likely N-dealkylation sites (tertiary alicyclic amines) is 1. The van der Waals surface area contributed by atoms with Gasteiger partial charge in [-0.3, -0.25) is 14.4 Å². The molecule has 3 fully saturated rings. The summed E-state index contributed by atoms with van der Waals surface area (Å²) in [7, 11) is 0. The van der Waals surface area contributed by atoms with Gasteiger partial charge in [-0.2, -0.15) is 0 Å². The maximum absolute atomic E-state index is 14.5. The van der Waals surface area contributed by atoms with E-state index in [-0.39, 0.29) is 18.6 Å². The van der Waals surface area contributed by atoms with E-state index in [0.29, 0.717) is 32.2 Å². The van der Waals surface area contributed by atoms with Crippen LogP contribution in [0.4, 0.5) is 0 Å². The van der Waals surface area contributed by atoms with Crippen molar-refractivity contribution in [1.82, 2.24) is 9.80 Å². The van der Waals surface area contributed by atoms with Crippen LogP contribution >= 0.6 is 0 Å². The van der Waals surface area contributed by atoms with Crippen molar-refractivity contribution in [2.75, 3.05) is 13.2 Å². The number of rotatable bonds is 12. The lowest BCUT2D eigenvalue weighted by molar-refractivity contribution is -0.160. The lowest BCUT2D eigenvalue weighted by atomic mass is 9.65. The highest BCUT2D eigenvalue weighted by molar-refractivity contribution is 5.98. The molecule has 2 bridgehead atoms. The van der Waals surface area contributed by atoms with Gasteiger partial charge in [0.2, 0.25) is 11.8 Å². The number of benzene rings is 1. The van der Waals surface area contributed by atoms with Gasteiger partial charge in [0.05, 0.1) is 24.2 Å². The smallest absolute Gasteiger partial charge is 0.310 e. The Labute approximate surface area is 219 Å². The molecule has 2 N–H and O–H groups in total. The molecule has 1 aromatic carbocycles. The Hall–Kier alpha value is -2.71. The number of aliphatic carboxylic acids is 1. The highest BCUT2D eigenvalue weighted by Gasteiger charge is 2.79. The number of nitrogens with zero attached hydrogens (tertiary/aromatic N) is 2. The van der Waals surface area contributed by atoms with Crippen LogP contribution < -0.4 is 0 Å². The van der Waals surface area contributed by atoms with E-state index in [1.807, 2.05) is 44.2 Å². The molecule has 0 aromatic heterocycles. The molecule has 3 heterocycles. The van der Waals surface area contributed by atoms with Crippen LogP contribution in [-0.4, -0.2) is 80.3 Å². The number of amides is 2. The molecule has 1 aromatic rings. The van der Waals surface area contributed by atoms with Crippen molar-refractivity contribution in [2.45, 2.75) is 88.6 Å². The Morgan fingerprint density at radius 3 is 2.54 bits per heavy atom. The fourth-order valence-electron chi connectivity index (χ4n) is 7.20. The van der Waals surface area contributed by atoms with Gasteiger partial charge in [-0.05, 0) is 44.6 Å². The molecule has 3 unspecified atom stereocenters. The highest BCUT2D eigenvalue weighted by atomic mass is 16.5. The summed E-state index contributed by atoms with van der Waals surface area (Å²) >= 11 is 0. The summed E-state index contributed by atoms with van der Waals surface area (Å²) in [5.74, 6) is -3.74. The summed E-state index contributed by atoms with van der Waals surface area (Å²) in [5.41, 5.74) is -1.28. The Morgan fingerprint density at radius 2 is 1.97 bits per heavy atom. The predicted molar refractivity (Wildman–Crippen MR) is 139 cm³/mol. The average molecular weight is 513 g/mol. The number of ether oxygens (including phenoxy) is 1. The van der Waals surface area contributed by atoms with Gasteiger partial charge < -0.3 is 24.7 Å². The number of carboxylic acids is 1. The second kappa shape index (κ2) is 10.6. The fraction of sp³-hybridized carbons (Fsp3) is 0.621. The molecule has 37 heavy (non-hydrogen) atoms. The van der Waals surface area contributed by atoms with E-state index in [9.17, 15) is 24.6 Å². The van der Waals surface area contributed by atoms with Gasteiger partial charge in [-0.1, -0.05) is 56.7 Å². The first kappa shape index (κ1) is 27.3. The van der Waals surface area contributed by atoms with Crippen molar-refractivity contribution in [1.29, 1.82) is 0 Å². The third-order valence-electron chi connectivity index (χ3n) is 8.88. The second-order valence-corrected chi connectivity index (χ2v) is 10.9. The van der Waals surface area contributed by atoms with Gasteiger partial charge >= 0.3 is 5.97 Å². The van der Waals surface area contributed by atoms with Gasteiger partial charge in [0.1, 0.15) is 17.6 Å². The van der Waals surface area contributed by atoms with E-state index in [4.69, 9.17) is 4.74 Å². The summed E-state index contributed by atoms with van der Waals surface area (Å²) in [6.45, 7) is 9.72. The molecular formula is C29H40N2O6. The summed E-state index contributed by atoms with van der Waals surface area (Å²) in [5, 5.41) is 20.8. The monoisotopic (exact) mass is 512 g/mol. The second-order valence-electron chi connectivity index (χ2n) is 10.9. The number of carbonyl (C=O) groups excluding carboxylic acids is 2. The minimum atomic E-state index is -1.23. The van der Waals surface area contributed by atoms with Crippen LogP contribution in [-0.2, 0) is 25.5 Å². The number of aliphatic hydroxyl groups is 1. The van der Waals surface area contributed by atoms with Crippen LogP contribution in [0.25, 0.3) is 0 Å². The number of hydrogen-bond donors (Lipinski definition) is 2. The molecule has 2 amide bonds. The quantitative estimate of drug-likeness (QED) is 0.417. The zero-order valence-corrected chi connectivity index (χ0v) is 22.1.